The Bertz CT molecular complexity index is 360. The van der Waals surface area contributed by atoms with E-state index < -0.39 is 0 Å². The molecule has 0 aliphatic carbocycles. The third kappa shape index (κ3) is 4.42. The Morgan fingerprint density at radius 3 is 2.38 bits per heavy atom. The highest BCUT2D eigenvalue weighted by Crippen LogP contribution is 2.11. The monoisotopic (exact) mass is 259 g/mol. The van der Waals surface area contributed by atoms with Crippen LogP contribution >= 0.6 is 23.2 Å². The number of carbonyl (C=O) groups is 1. The molecule has 0 atom stereocenters. The summed E-state index contributed by atoms with van der Waals surface area (Å²) in [5, 5.41) is 3.54. The summed E-state index contributed by atoms with van der Waals surface area (Å²) in [4.78, 5) is 11.7. The molecule has 0 unspecified atom stereocenters. The molecule has 16 heavy (non-hydrogen) atoms. The highest BCUT2D eigenvalue weighted by molar-refractivity contribution is 6.30. The van der Waals surface area contributed by atoms with Gasteiger partial charge >= 0.3 is 0 Å². The average molecular weight is 260 g/mol. The van der Waals surface area contributed by atoms with E-state index in [2.05, 4.69) is 5.32 Å². The molecular weight excluding hydrogens is 245 g/mol. The minimum Gasteiger partial charge on any atom is -0.350 e. The molecule has 0 aliphatic heterocycles. The molecule has 0 saturated heterocycles. The fourth-order valence-corrected chi connectivity index (χ4v) is 1.44. The molecular formula is C12H15Cl2NO. The van der Waals surface area contributed by atoms with Crippen LogP contribution in [0.25, 0.3) is 0 Å². The highest BCUT2D eigenvalue weighted by Gasteiger charge is 2.18. The summed E-state index contributed by atoms with van der Waals surface area (Å²) in [5.41, 5.74) is 0.567. The zero-order chi connectivity index (χ0) is 12.2. The molecule has 0 bridgehead atoms. The van der Waals surface area contributed by atoms with Crippen LogP contribution in [0.1, 0.15) is 19.4 Å². The second kappa shape index (κ2) is 5.55. The smallest absolute Gasteiger partial charge is 0.224 e. The van der Waals surface area contributed by atoms with Crippen molar-refractivity contribution in [1.29, 1.82) is 0 Å². The summed E-state index contributed by atoms with van der Waals surface area (Å²) in [6, 6.07) is 7.24. The van der Waals surface area contributed by atoms with E-state index in [4.69, 9.17) is 23.2 Å². The van der Waals surface area contributed by atoms with Crippen LogP contribution < -0.4 is 5.32 Å². The van der Waals surface area contributed by atoms with Crippen molar-refractivity contribution in [3.8, 4) is 0 Å². The zero-order valence-electron chi connectivity index (χ0n) is 9.39. The van der Waals surface area contributed by atoms with Crippen molar-refractivity contribution in [3.63, 3.8) is 0 Å². The van der Waals surface area contributed by atoms with Crippen LogP contribution in [0.15, 0.2) is 24.3 Å². The molecule has 0 fully saturated rings. The van der Waals surface area contributed by atoms with Crippen molar-refractivity contribution in [1.82, 2.24) is 5.32 Å². The van der Waals surface area contributed by atoms with Gasteiger partial charge in [-0.05, 0) is 31.5 Å². The van der Waals surface area contributed by atoms with Crippen LogP contribution in [-0.4, -0.2) is 17.3 Å². The number of halogens is 2. The molecule has 0 heterocycles. The van der Waals surface area contributed by atoms with Crippen LogP contribution in [0.5, 0.6) is 0 Å². The van der Waals surface area contributed by atoms with Crippen LogP contribution in [-0.2, 0) is 11.2 Å². The topological polar surface area (TPSA) is 29.1 Å². The number of benzene rings is 1. The summed E-state index contributed by atoms with van der Waals surface area (Å²) < 4.78 is 0. The third-order valence-corrected chi connectivity index (χ3v) is 3.01. The highest BCUT2D eigenvalue weighted by atomic mass is 35.5. The van der Waals surface area contributed by atoms with Crippen molar-refractivity contribution in [2.24, 2.45) is 0 Å². The molecule has 2 nitrogen and oxygen atoms in total. The van der Waals surface area contributed by atoms with E-state index in [1.165, 1.54) is 0 Å². The van der Waals surface area contributed by atoms with Gasteiger partial charge in [-0.25, -0.2) is 0 Å². The van der Waals surface area contributed by atoms with Gasteiger partial charge < -0.3 is 5.32 Å². The molecule has 0 aliphatic rings. The maximum atomic E-state index is 11.7. The Morgan fingerprint density at radius 2 is 1.88 bits per heavy atom. The molecule has 1 aromatic carbocycles. The number of carbonyl (C=O) groups excluding carboxylic acids is 1. The zero-order valence-corrected chi connectivity index (χ0v) is 10.9. The van der Waals surface area contributed by atoms with Crippen LogP contribution in [0, 0.1) is 0 Å². The summed E-state index contributed by atoms with van der Waals surface area (Å²) in [6.45, 7) is 3.78. The van der Waals surface area contributed by atoms with Gasteiger partial charge in [-0.2, -0.15) is 0 Å². The minimum absolute atomic E-state index is 0.0343. The van der Waals surface area contributed by atoms with Gasteiger partial charge in [0.05, 0.1) is 6.42 Å². The Morgan fingerprint density at radius 1 is 1.31 bits per heavy atom. The fourth-order valence-electron chi connectivity index (χ4n) is 1.24. The maximum Gasteiger partial charge on any atom is 0.224 e. The summed E-state index contributed by atoms with van der Waals surface area (Å²) in [7, 11) is 0. The van der Waals surface area contributed by atoms with Crippen molar-refractivity contribution in [2.45, 2.75) is 25.8 Å². The first-order chi connectivity index (χ1) is 7.43. The van der Waals surface area contributed by atoms with Crippen LogP contribution in [0.2, 0.25) is 5.02 Å². The van der Waals surface area contributed by atoms with Gasteiger partial charge in [0.2, 0.25) is 5.91 Å². The molecule has 0 radical (unpaired) electrons. The largest absolute Gasteiger partial charge is 0.350 e. The summed E-state index contributed by atoms with van der Waals surface area (Å²) in [6.07, 6.45) is 0.345. The average Bonchev–Trinajstić information content (AvgIpc) is 2.21. The molecule has 4 heteroatoms. The van der Waals surface area contributed by atoms with Gasteiger partial charge in [0.1, 0.15) is 0 Å². The summed E-state index contributed by atoms with van der Waals surface area (Å²) in [5.74, 6) is 0.354. The quantitative estimate of drug-likeness (QED) is 0.828. The molecule has 0 saturated carbocycles. The van der Waals surface area contributed by atoms with Crippen molar-refractivity contribution < 1.29 is 4.79 Å². The van der Waals surface area contributed by atoms with Crippen molar-refractivity contribution in [3.05, 3.63) is 34.9 Å². The number of hydrogen-bond acceptors (Lipinski definition) is 1. The van der Waals surface area contributed by atoms with Crippen molar-refractivity contribution in [2.75, 3.05) is 5.88 Å². The van der Waals surface area contributed by atoms with Crippen LogP contribution in [0.4, 0.5) is 0 Å². The Balaban J connectivity index is 2.55. The van der Waals surface area contributed by atoms with Gasteiger partial charge in [-0.1, -0.05) is 23.7 Å². The lowest BCUT2D eigenvalue weighted by Gasteiger charge is -2.23. The number of alkyl halides is 1. The van der Waals surface area contributed by atoms with Gasteiger partial charge in [-0.15, -0.1) is 11.6 Å². The lowest BCUT2D eigenvalue weighted by Crippen LogP contribution is -2.45. The second-order valence-electron chi connectivity index (χ2n) is 4.37. The van der Waals surface area contributed by atoms with E-state index in [1.807, 2.05) is 26.0 Å². The molecule has 88 valence electrons. The molecule has 1 N–H and O–H groups in total. The first-order valence-corrected chi connectivity index (χ1v) is 5.95. The van der Waals surface area contributed by atoms with Gasteiger partial charge in [0.15, 0.2) is 0 Å². The second-order valence-corrected chi connectivity index (χ2v) is 5.07. The van der Waals surface area contributed by atoms with Gasteiger partial charge in [-0.3, -0.25) is 4.79 Å². The Hall–Kier alpha value is -0.730. The molecule has 1 rings (SSSR count). The van der Waals surface area contributed by atoms with E-state index >= 15 is 0 Å². The van der Waals surface area contributed by atoms with E-state index in [9.17, 15) is 4.79 Å². The normalized spacial score (nSPS) is 11.2. The standard InChI is InChI=1S/C12H15Cl2NO/c1-12(2,8-13)15-11(16)7-9-3-5-10(14)6-4-9/h3-6H,7-8H2,1-2H3,(H,15,16). The first kappa shape index (κ1) is 13.3. The van der Waals surface area contributed by atoms with E-state index in [1.54, 1.807) is 12.1 Å². The minimum atomic E-state index is -0.370. The summed E-state index contributed by atoms with van der Waals surface area (Å²) >= 11 is 11.5. The lowest BCUT2D eigenvalue weighted by molar-refractivity contribution is -0.121. The SMILES string of the molecule is CC(C)(CCl)NC(=O)Cc1ccc(Cl)cc1. The predicted octanol–water partition coefficient (Wildman–Crippen LogP) is 3.02. The van der Waals surface area contributed by atoms with E-state index in [0.29, 0.717) is 17.3 Å². The van der Waals surface area contributed by atoms with Gasteiger partial charge in [0.25, 0.3) is 0 Å². The third-order valence-electron chi connectivity index (χ3n) is 2.09. The number of amides is 1. The Labute approximate surface area is 106 Å². The maximum absolute atomic E-state index is 11.7. The van der Waals surface area contributed by atoms with E-state index in [-0.39, 0.29) is 11.4 Å². The predicted molar refractivity (Wildman–Crippen MR) is 68.1 cm³/mol. The molecule has 0 aromatic heterocycles. The fraction of sp³-hybridized carbons (Fsp3) is 0.417. The molecule has 1 amide bonds. The molecule has 1 aromatic rings. The number of nitrogens with one attached hydrogen (secondary N) is 1. The Kier molecular flexibility index (Phi) is 4.63. The number of hydrogen-bond donors (Lipinski definition) is 1. The number of rotatable bonds is 4. The van der Waals surface area contributed by atoms with Crippen molar-refractivity contribution >= 4 is 29.1 Å². The first-order valence-electron chi connectivity index (χ1n) is 5.04. The molecule has 0 spiro atoms. The van der Waals surface area contributed by atoms with Crippen LogP contribution in [0.3, 0.4) is 0 Å². The van der Waals surface area contributed by atoms with Gasteiger partial charge in [0, 0.05) is 16.4 Å². The lowest BCUT2D eigenvalue weighted by atomic mass is 10.1. The van der Waals surface area contributed by atoms with E-state index in [0.717, 1.165) is 5.56 Å².